The molecule has 0 N–H and O–H groups in total. The number of anilines is 1. The second-order valence-corrected chi connectivity index (χ2v) is 7.03. The number of amides is 1. The first-order valence-electron chi connectivity index (χ1n) is 8.04. The third-order valence-corrected chi connectivity index (χ3v) is 5.72. The lowest BCUT2D eigenvalue weighted by Crippen LogP contribution is -2.31. The Kier molecular flexibility index (Phi) is 3.23. The minimum atomic E-state index is -0.0238. The summed E-state index contributed by atoms with van der Waals surface area (Å²) in [7, 11) is 1.91. The molecule has 0 radical (unpaired) electrons. The van der Waals surface area contributed by atoms with Crippen LogP contribution in [-0.4, -0.2) is 13.0 Å². The number of fused-ring (bicyclic) bond motifs is 2. The largest absolute Gasteiger partial charge is 0.311 e. The van der Waals surface area contributed by atoms with E-state index in [1.165, 1.54) is 5.56 Å². The number of hydrogen-bond acceptors (Lipinski definition) is 1. The molecule has 2 heteroatoms. The molecule has 2 nitrogen and oxygen atoms in total. The van der Waals surface area contributed by atoms with Crippen LogP contribution in [0.15, 0.2) is 35.9 Å². The average molecular weight is 283 g/mol. The molecule has 0 saturated carbocycles. The Hall–Kier alpha value is -1.57. The summed E-state index contributed by atoms with van der Waals surface area (Å²) < 4.78 is 0. The summed E-state index contributed by atoms with van der Waals surface area (Å²) in [5.74, 6) is 0.186. The lowest BCUT2D eigenvalue weighted by atomic mass is 9.72. The van der Waals surface area contributed by atoms with Crippen molar-refractivity contribution >= 4 is 11.6 Å². The zero-order valence-electron chi connectivity index (χ0n) is 13.6. The van der Waals surface area contributed by atoms with Crippen molar-refractivity contribution in [3.63, 3.8) is 0 Å². The molecule has 0 aromatic heterocycles. The average Bonchev–Trinajstić information content (AvgIpc) is 2.76. The van der Waals surface area contributed by atoms with Crippen molar-refractivity contribution in [3.8, 4) is 0 Å². The van der Waals surface area contributed by atoms with Gasteiger partial charge in [0.2, 0.25) is 0 Å². The molecular weight excluding hydrogens is 258 g/mol. The molecule has 0 spiro atoms. The molecule has 1 aromatic carbocycles. The Morgan fingerprint density at radius 3 is 2.52 bits per heavy atom. The number of benzene rings is 1. The molecule has 1 aromatic rings. The summed E-state index contributed by atoms with van der Waals surface area (Å²) in [6, 6.07) is 8.33. The molecule has 1 heterocycles. The summed E-state index contributed by atoms with van der Waals surface area (Å²) in [5, 5.41) is 0. The minimum Gasteiger partial charge on any atom is -0.311 e. The highest BCUT2D eigenvalue weighted by molar-refractivity contribution is 6.07. The van der Waals surface area contributed by atoms with Crippen LogP contribution >= 0.6 is 0 Å². The van der Waals surface area contributed by atoms with E-state index in [0.29, 0.717) is 0 Å². The molecule has 112 valence electrons. The maximum absolute atomic E-state index is 13.0. The number of hydrogen-bond donors (Lipinski definition) is 0. The van der Waals surface area contributed by atoms with E-state index >= 15 is 0 Å². The Balaban J connectivity index is 2.14. The highest BCUT2D eigenvalue weighted by Crippen LogP contribution is 2.55. The Labute approximate surface area is 127 Å². The highest BCUT2D eigenvalue weighted by Gasteiger charge is 2.49. The van der Waals surface area contributed by atoms with E-state index in [1.807, 2.05) is 18.0 Å². The van der Waals surface area contributed by atoms with Crippen LogP contribution in [0.4, 0.5) is 5.69 Å². The molecule has 21 heavy (non-hydrogen) atoms. The van der Waals surface area contributed by atoms with Crippen molar-refractivity contribution < 1.29 is 4.79 Å². The van der Waals surface area contributed by atoms with Gasteiger partial charge in [-0.1, -0.05) is 45.0 Å². The molecule has 0 saturated heterocycles. The molecule has 0 unspecified atom stereocenters. The van der Waals surface area contributed by atoms with Gasteiger partial charge in [-0.2, -0.15) is 0 Å². The molecule has 1 amide bonds. The Morgan fingerprint density at radius 2 is 1.86 bits per heavy atom. The van der Waals surface area contributed by atoms with Gasteiger partial charge in [0, 0.05) is 23.7 Å². The van der Waals surface area contributed by atoms with Crippen LogP contribution in [0.25, 0.3) is 0 Å². The van der Waals surface area contributed by atoms with Crippen LogP contribution in [-0.2, 0) is 11.2 Å². The van der Waals surface area contributed by atoms with Crippen molar-refractivity contribution in [1.29, 1.82) is 0 Å². The maximum atomic E-state index is 13.0. The smallest absolute Gasteiger partial charge is 0.254 e. The summed E-state index contributed by atoms with van der Waals surface area (Å²) in [6.45, 7) is 6.77. The fourth-order valence-electron chi connectivity index (χ4n) is 4.28. The van der Waals surface area contributed by atoms with Gasteiger partial charge in [-0.3, -0.25) is 4.79 Å². The van der Waals surface area contributed by atoms with E-state index in [-0.39, 0.29) is 16.7 Å². The monoisotopic (exact) mass is 283 g/mol. The van der Waals surface area contributed by atoms with Gasteiger partial charge < -0.3 is 4.90 Å². The van der Waals surface area contributed by atoms with E-state index < -0.39 is 0 Å². The normalized spacial score (nSPS) is 27.0. The Morgan fingerprint density at radius 1 is 1.19 bits per heavy atom. The summed E-state index contributed by atoms with van der Waals surface area (Å²) in [5.41, 5.74) is 3.57. The van der Waals surface area contributed by atoms with Crippen molar-refractivity contribution in [2.75, 3.05) is 11.9 Å². The molecule has 3 rings (SSSR count). The number of para-hydroxylation sites is 1. The van der Waals surface area contributed by atoms with E-state index in [1.54, 1.807) is 0 Å². The predicted molar refractivity (Wildman–Crippen MR) is 87.4 cm³/mol. The zero-order valence-corrected chi connectivity index (χ0v) is 13.6. The van der Waals surface area contributed by atoms with Crippen LogP contribution in [0.2, 0.25) is 0 Å². The van der Waals surface area contributed by atoms with E-state index in [0.717, 1.165) is 36.9 Å². The van der Waals surface area contributed by atoms with E-state index in [9.17, 15) is 4.79 Å². The van der Waals surface area contributed by atoms with Crippen molar-refractivity contribution in [2.24, 2.45) is 10.8 Å². The van der Waals surface area contributed by atoms with Gasteiger partial charge in [0.1, 0.15) is 0 Å². The fraction of sp³-hybridized carbons (Fsp3) is 0.526. The van der Waals surface area contributed by atoms with Gasteiger partial charge in [0.05, 0.1) is 0 Å². The van der Waals surface area contributed by atoms with Gasteiger partial charge in [-0.05, 0) is 42.7 Å². The van der Waals surface area contributed by atoms with Crippen LogP contribution in [0.3, 0.4) is 0 Å². The van der Waals surface area contributed by atoms with Crippen LogP contribution < -0.4 is 4.90 Å². The van der Waals surface area contributed by atoms with Crippen molar-refractivity contribution in [2.45, 2.75) is 46.5 Å². The van der Waals surface area contributed by atoms with Crippen molar-refractivity contribution in [3.05, 3.63) is 41.5 Å². The summed E-state index contributed by atoms with van der Waals surface area (Å²) in [6.07, 6.45) is 6.59. The predicted octanol–water partition coefficient (Wildman–Crippen LogP) is 4.35. The lowest BCUT2D eigenvalue weighted by molar-refractivity contribution is -0.115. The number of likely N-dealkylation sites (N-methyl/N-ethyl adjacent to an activating group) is 1. The van der Waals surface area contributed by atoms with Crippen LogP contribution in [0.1, 0.15) is 45.6 Å². The van der Waals surface area contributed by atoms with Gasteiger partial charge in [0.25, 0.3) is 5.91 Å². The third kappa shape index (κ3) is 2.04. The Bertz CT molecular complexity index is 612. The first-order chi connectivity index (χ1) is 9.95. The van der Waals surface area contributed by atoms with E-state index in [2.05, 4.69) is 45.0 Å². The highest BCUT2D eigenvalue weighted by atomic mass is 16.2. The maximum Gasteiger partial charge on any atom is 0.254 e. The van der Waals surface area contributed by atoms with Crippen molar-refractivity contribution in [1.82, 2.24) is 0 Å². The number of rotatable bonds is 2. The van der Waals surface area contributed by atoms with Crippen LogP contribution in [0.5, 0.6) is 0 Å². The van der Waals surface area contributed by atoms with Gasteiger partial charge >= 0.3 is 0 Å². The molecule has 2 aliphatic rings. The number of carbonyl (C=O) groups excluding carboxylic acids is 1. The molecule has 1 aliphatic carbocycles. The molecule has 0 bridgehead atoms. The lowest BCUT2D eigenvalue weighted by Gasteiger charge is -2.31. The minimum absolute atomic E-state index is 0.0238. The first-order valence-corrected chi connectivity index (χ1v) is 8.04. The number of allylic oxidation sites excluding steroid dienone is 1. The first kappa shape index (κ1) is 14.4. The SMILES string of the molecule is CCC1(CC)C=C2C(=O)N(C)c3ccccc3C[C@]2(C)C1. The second-order valence-electron chi connectivity index (χ2n) is 7.03. The molecule has 0 fully saturated rings. The van der Waals surface area contributed by atoms with Gasteiger partial charge in [-0.15, -0.1) is 0 Å². The summed E-state index contributed by atoms with van der Waals surface area (Å²) in [4.78, 5) is 14.8. The molecule has 1 atom stereocenters. The quantitative estimate of drug-likeness (QED) is 0.790. The number of nitrogens with zero attached hydrogens (tertiary/aromatic N) is 1. The molecule has 1 aliphatic heterocycles. The zero-order chi connectivity index (χ0) is 15.3. The van der Waals surface area contributed by atoms with E-state index in [4.69, 9.17) is 0 Å². The topological polar surface area (TPSA) is 20.3 Å². The third-order valence-electron chi connectivity index (χ3n) is 5.72. The standard InChI is InChI=1S/C19H25NO/c1-5-19(6-2)12-15-17(21)20(4)16-10-8-7-9-14(16)11-18(15,3)13-19/h7-10,12H,5-6,11,13H2,1-4H3/t18-/m1/s1. The number of carbonyl (C=O) groups is 1. The van der Waals surface area contributed by atoms with Gasteiger partial charge in [-0.25, -0.2) is 0 Å². The van der Waals surface area contributed by atoms with Gasteiger partial charge in [0.15, 0.2) is 0 Å². The molecular formula is C19H25NO. The second kappa shape index (κ2) is 4.72. The summed E-state index contributed by atoms with van der Waals surface area (Å²) >= 11 is 0. The fourth-order valence-corrected chi connectivity index (χ4v) is 4.28. The van der Waals surface area contributed by atoms with Crippen LogP contribution in [0, 0.1) is 10.8 Å².